The maximum atomic E-state index is 11.8. The highest BCUT2D eigenvalue weighted by molar-refractivity contribution is 7.80. The van der Waals surface area contributed by atoms with Gasteiger partial charge >= 0.3 is 0 Å². The summed E-state index contributed by atoms with van der Waals surface area (Å²) in [6, 6.07) is 5.93. The molecule has 5 heteroatoms. The zero-order valence-corrected chi connectivity index (χ0v) is 12.8. The van der Waals surface area contributed by atoms with Crippen LogP contribution in [0.4, 0.5) is 0 Å². The highest BCUT2D eigenvalue weighted by Crippen LogP contribution is 2.18. The van der Waals surface area contributed by atoms with Crippen LogP contribution in [0.3, 0.4) is 0 Å². The Labute approximate surface area is 125 Å². The summed E-state index contributed by atoms with van der Waals surface area (Å²) in [7, 11) is 0. The second-order valence-corrected chi connectivity index (χ2v) is 5.49. The molecule has 1 aliphatic heterocycles. The molecule has 20 heavy (non-hydrogen) atoms. The first-order valence-corrected chi connectivity index (χ1v) is 7.26. The molecule has 1 aliphatic rings. The van der Waals surface area contributed by atoms with E-state index in [1.807, 2.05) is 36.9 Å². The van der Waals surface area contributed by atoms with Crippen LogP contribution in [0.15, 0.2) is 18.2 Å². The largest absolute Gasteiger partial charge is 0.483 e. The SMILES string of the molecule is Cc1ccc(C)c(OCC(=O)NC(=S)N2CCCC2)c1. The predicted molar refractivity (Wildman–Crippen MR) is 83.0 cm³/mol. The summed E-state index contributed by atoms with van der Waals surface area (Å²) in [6.07, 6.45) is 2.27. The van der Waals surface area contributed by atoms with Crippen molar-refractivity contribution in [2.75, 3.05) is 19.7 Å². The van der Waals surface area contributed by atoms with Crippen molar-refractivity contribution in [2.24, 2.45) is 0 Å². The Hall–Kier alpha value is -1.62. The zero-order valence-electron chi connectivity index (χ0n) is 11.9. The first-order valence-electron chi connectivity index (χ1n) is 6.85. The Morgan fingerprint density at radius 2 is 2.05 bits per heavy atom. The lowest BCUT2D eigenvalue weighted by atomic mass is 10.1. The van der Waals surface area contributed by atoms with Crippen LogP contribution in [-0.4, -0.2) is 35.6 Å². The molecule has 0 bridgehead atoms. The summed E-state index contributed by atoms with van der Waals surface area (Å²) in [4.78, 5) is 13.8. The summed E-state index contributed by atoms with van der Waals surface area (Å²) in [5.41, 5.74) is 2.13. The molecule has 0 aliphatic carbocycles. The summed E-state index contributed by atoms with van der Waals surface area (Å²) in [5, 5.41) is 3.23. The monoisotopic (exact) mass is 292 g/mol. The van der Waals surface area contributed by atoms with Crippen molar-refractivity contribution in [3.63, 3.8) is 0 Å². The molecule has 0 spiro atoms. The molecule has 1 amide bonds. The first kappa shape index (κ1) is 14.8. The van der Waals surface area contributed by atoms with Gasteiger partial charge < -0.3 is 15.0 Å². The third-order valence-corrected chi connectivity index (χ3v) is 3.70. The van der Waals surface area contributed by atoms with Gasteiger partial charge in [-0.1, -0.05) is 12.1 Å². The summed E-state index contributed by atoms with van der Waals surface area (Å²) >= 11 is 5.21. The van der Waals surface area contributed by atoms with Crippen LogP contribution in [-0.2, 0) is 4.79 Å². The number of hydrogen-bond donors (Lipinski definition) is 1. The van der Waals surface area contributed by atoms with E-state index in [4.69, 9.17) is 17.0 Å². The first-order chi connectivity index (χ1) is 9.56. The number of carbonyl (C=O) groups is 1. The summed E-state index contributed by atoms with van der Waals surface area (Å²) < 4.78 is 5.55. The van der Waals surface area contributed by atoms with Crippen LogP contribution in [0.5, 0.6) is 5.75 Å². The average molecular weight is 292 g/mol. The van der Waals surface area contributed by atoms with E-state index in [9.17, 15) is 4.79 Å². The van der Waals surface area contributed by atoms with E-state index in [1.165, 1.54) is 0 Å². The molecule has 4 nitrogen and oxygen atoms in total. The van der Waals surface area contributed by atoms with Gasteiger partial charge in [-0.2, -0.15) is 0 Å². The molecule has 0 atom stereocenters. The molecule has 0 aromatic heterocycles. The second-order valence-electron chi connectivity index (χ2n) is 5.11. The van der Waals surface area contributed by atoms with E-state index in [1.54, 1.807) is 0 Å². The van der Waals surface area contributed by atoms with E-state index >= 15 is 0 Å². The molecule has 0 radical (unpaired) electrons. The fraction of sp³-hybridized carbons (Fsp3) is 0.467. The normalized spacial score (nSPS) is 14.2. The molecular weight excluding hydrogens is 272 g/mol. The van der Waals surface area contributed by atoms with Crippen molar-refractivity contribution in [3.8, 4) is 5.75 Å². The van der Waals surface area contributed by atoms with Gasteiger partial charge in [-0.15, -0.1) is 0 Å². The number of likely N-dealkylation sites (tertiary alicyclic amines) is 1. The van der Waals surface area contributed by atoms with E-state index in [0.29, 0.717) is 5.11 Å². The Kier molecular flexibility index (Phi) is 4.95. The lowest BCUT2D eigenvalue weighted by Crippen LogP contribution is -2.42. The minimum Gasteiger partial charge on any atom is -0.483 e. The predicted octanol–water partition coefficient (Wildman–Crippen LogP) is 2.18. The molecule has 2 rings (SSSR count). The minimum absolute atomic E-state index is 0.0156. The number of ether oxygens (including phenoxy) is 1. The van der Waals surface area contributed by atoms with Crippen molar-refractivity contribution in [1.82, 2.24) is 10.2 Å². The van der Waals surface area contributed by atoms with Crippen LogP contribution in [0, 0.1) is 13.8 Å². The molecule has 1 saturated heterocycles. The lowest BCUT2D eigenvalue weighted by Gasteiger charge is -2.18. The number of nitrogens with zero attached hydrogens (tertiary/aromatic N) is 1. The van der Waals surface area contributed by atoms with Crippen LogP contribution in [0.25, 0.3) is 0 Å². The smallest absolute Gasteiger partial charge is 0.264 e. The van der Waals surface area contributed by atoms with Gasteiger partial charge in [0.25, 0.3) is 5.91 Å². The number of thiocarbonyl (C=S) groups is 1. The maximum absolute atomic E-state index is 11.8. The van der Waals surface area contributed by atoms with Crippen molar-refractivity contribution >= 4 is 23.2 Å². The average Bonchev–Trinajstić information content (AvgIpc) is 2.94. The van der Waals surface area contributed by atoms with E-state index in [0.717, 1.165) is 42.8 Å². The summed E-state index contributed by atoms with van der Waals surface area (Å²) in [5.74, 6) is 0.537. The zero-order chi connectivity index (χ0) is 14.5. The highest BCUT2D eigenvalue weighted by atomic mass is 32.1. The van der Waals surface area contributed by atoms with Gasteiger partial charge in [0.2, 0.25) is 0 Å². The number of rotatable bonds is 3. The maximum Gasteiger partial charge on any atom is 0.264 e. The molecule has 1 N–H and O–H groups in total. The van der Waals surface area contributed by atoms with Gasteiger partial charge in [-0.3, -0.25) is 4.79 Å². The van der Waals surface area contributed by atoms with E-state index < -0.39 is 0 Å². The van der Waals surface area contributed by atoms with Crippen molar-refractivity contribution in [3.05, 3.63) is 29.3 Å². The van der Waals surface area contributed by atoms with Gasteiger partial charge in [0, 0.05) is 13.1 Å². The van der Waals surface area contributed by atoms with Crippen molar-refractivity contribution in [1.29, 1.82) is 0 Å². The standard InChI is InChI=1S/C15H20N2O2S/c1-11-5-6-12(2)13(9-11)19-10-14(18)16-15(20)17-7-3-4-8-17/h5-6,9H,3-4,7-8,10H2,1-2H3,(H,16,18,20). The molecule has 0 unspecified atom stereocenters. The van der Waals surface area contributed by atoms with Gasteiger partial charge in [0.1, 0.15) is 5.75 Å². The third kappa shape index (κ3) is 3.93. The van der Waals surface area contributed by atoms with Gasteiger partial charge in [0.05, 0.1) is 0 Å². The quantitative estimate of drug-likeness (QED) is 0.867. The fourth-order valence-corrected chi connectivity index (χ4v) is 2.46. The number of aryl methyl sites for hydroxylation is 2. The topological polar surface area (TPSA) is 41.6 Å². The number of nitrogens with one attached hydrogen (secondary N) is 1. The van der Waals surface area contributed by atoms with Crippen molar-refractivity contribution in [2.45, 2.75) is 26.7 Å². The van der Waals surface area contributed by atoms with E-state index in [2.05, 4.69) is 5.32 Å². The molecule has 1 aromatic rings. The van der Waals surface area contributed by atoms with E-state index in [-0.39, 0.29) is 12.5 Å². The van der Waals surface area contributed by atoms with Crippen LogP contribution >= 0.6 is 12.2 Å². The number of carbonyl (C=O) groups excluding carboxylic acids is 1. The van der Waals surface area contributed by atoms with Crippen LogP contribution < -0.4 is 10.1 Å². The number of hydrogen-bond acceptors (Lipinski definition) is 3. The second kappa shape index (κ2) is 6.70. The van der Waals surface area contributed by atoms with Gasteiger partial charge in [-0.25, -0.2) is 0 Å². The van der Waals surface area contributed by atoms with Gasteiger partial charge in [-0.05, 0) is 56.1 Å². The fourth-order valence-electron chi connectivity index (χ4n) is 2.16. The van der Waals surface area contributed by atoms with Gasteiger partial charge in [0.15, 0.2) is 11.7 Å². The highest BCUT2D eigenvalue weighted by Gasteiger charge is 2.16. The molecule has 1 fully saturated rings. The minimum atomic E-state index is -0.206. The van der Waals surface area contributed by atoms with Crippen molar-refractivity contribution < 1.29 is 9.53 Å². The molecule has 1 heterocycles. The molecule has 108 valence electrons. The Bertz CT molecular complexity index is 511. The number of amides is 1. The Morgan fingerprint density at radius 3 is 2.75 bits per heavy atom. The molecular formula is C15H20N2O2S. The lowest BCUT2D eigenvalue weighted by molar-refractivity contribution is -0.121. The number of benzene rings is 1. The summed E-state index contributed by atoms with van der Waals surface area (Å²) in [6.45, 7) is 5.79. The Balaban J connectivity index is 1.82. The van der Waals surface area contributed by atoms with Crippen LogP contribution in [0.1, 0.15) is 24.0 Å². The Morgan fingerprint density at radius 1 is 1.35 bits per heavy atom. The molecule has 0 saturated carbocycles. The third-order valence-electron chi connectivity index (χ3n) is 3.34. The van der Waals surface area contributed by atoms with Crippen LogP contribution in [0.2, 0.25) is 0 Å². The molecule has 1 aromatic carbocycles.